The Labute approximate surface area is 83.6 Å². The van der Waals surface area contributed by atoms with Gasteiger partial charge in [0.2, 0.25) is 0 Å². The summed E-state index contributed by atoms with van der Waals surface area (Å²) in [4.78, 5) is 10.8. The van der Waals surface area contributed by atoms with Crippen LogP contribution in [0.25, 0.3) is 0 Å². The first kappa shape index (κ1) is 10.7. The molecule has 0 saturated carbocycles. The number of rotatable bonds is 5. The van der Waals surface area contributed by atoms with Crippen LogP contribution in [0.1, 0.15) is 15.9 Å². The molecule has 0 spiro atoms. The summed E-state index contributed by atoms with van der Waals surface area (Å²) in [6.45, 7) is 2.86. The van der Waals surface area contributed by atoms with E-state index in [1.54, 1.807) is 13.2 Å². The molecule has 0 saturated heterocycles. The van der Waals surface area contributed by atoms with Crippen molar-refractivity contribution in [1.82, 2.24) is 0 Å². The van der Waals surface area contributed by atoms with Gasteiger partial charge in [0, 0.05) is 7.11 Å². The average molecular weight is 194 g/mol. The molecular formula is C11H14O3. The lowest BCUT2D eigenvalue weighted by Gasteiger charge is -2.09. The van der Waals surface area contributed by atoms with E-state index in [1.807, 2.05) is 19.1 Å². The predicted molar refractivity (Wildman–Crippen MR) is 53.9 cm³/mol. The fourth-order valence-corrected chi connectivity index (χ4v) is 1.17. The van der Waals surface area contributed by atoms with Gasteiger partial charge < -0.3 is 9.47 Å². The molecule has 76 valence electrons. The number of carbonyl (C=O) groups is 1. The molecule has 0 bridgehead atoms. The number of methoxy groups -OCH3 is 1. The van der Waals surface area contributed by atoms with Crippen molar-refractivity contribution in [2.75, 3.05) is 20.3 Å². The summed E-state index contributed by atoms with van der Waals surface area (Å²) in [6.07, 6.45) is 0.817. The molecule has 0 unspecified atom stereocenters. The lowest BCUT2D eigenvalue weighted by Crippen LogP contribution is -2.06. The minimum atomic E-state index is 0.459. The summed E-state index contributed by atoms with van der Waals surface area (Å²) >= 11 is 0. The van der Waals surface area contributed by atoms with Crippen LogP contribution in [-0.4, -0.2) is 26.6 Å². The first-order valence-electron chi connectivity index (χ1n) is 4.46. The van der Waals surface area contributed by atoms with Gasteiger partial charge in [-0.3, -0.25) is 4.79 Å². The minimum absolute atomic E-state index is 0.459. The Hall–Kier alpha value is -1.35. The van der Waals surface area contributed by atoms with Crippen LogP contribution in [0.3, 0.4) is 0 Å². The first-order chi connectivity index (χ1) is 6.79. The Morgan fingerprint density at radius 3 is 2.79 bits per heavy atom. The van der Waals surface area contributed by atoms with Crippen LogP contribution >= 0.6 is 0 Å². The molecule has 3 heteroatoms. The highest BCUT2D eigenvalue weighted by Gasteiger charge is 2.04. The number of hydrogen-bond acceptors (Lipinski definition) is 3. The van der Waals surface area contributed by atoms with Crippen molar-refractivity contribution in [2.45, 2.75) is 6.92 Å². The Morgan fingerprint density at radius 2 is 2.14 bits per heavy atom. The molecule has 0 amide bonds. The van der Waals surface area contributed by atoms with Crippen LogP contribution in [0, 0.1) is 6.92 Å². The molecule has 1 aromatic carbocycles. The van der Waals surface area contributed by atoms with Crippen molar-refractivity contribution in [2.24, 2.45) is 0 Å². The van der Waals surface area contributed by atoms with Crippen LogP contribution in [0.4, 0.5) is 0 Å². The van der Waals surface area contributed by atoms with Crippen LogP contribution in [-0.2, 0) is 4.74 Å². The van der Waals surface area contributed by atoms with Crippen molar-refractivity contribution in [3.63, 3.8) is 0 Å². The van der Waals surface area contributed by atoms with Crippen molar-refractivity contribution >= 4 is 6.29 Å². The molecule has 14 heavy (non-hydrogen) atoms. The van der Waals surface area contributed by atoms with Crippen LogP contribution in [0.2, 0.25) is 0 Å². The SMILES string of the molecule is COCCOc1cccc(C)c1C=O. The highest BCUT2D eigenvalue weighted by atomic mass is 16.5. The van der Waals surface area contributed by atoms with Gasteiger partial charge in [0.15, 0.2) is 6.29 Å². The summed E-state index contributed by atoms with van der Waals surface area (Å²) in [6, 6.07) is 5.53. The predicted octanol–water partition coefficient (Wildman–Crippen LogP) is 1.83. The van der Waals surface area contributed by atoms with Crippen LogP contribution in [0.15, 0.2) is 18.2 Å². The normalized spacial score (nSPS) is 9.86. The van der Waals surface area contributed by atoms with E-state index in [0.29, 0.717) is 24.5 Å². The maximum Gasteiger partial charge on any atom is 0.154 e. The molecule has 0 radical (unpaired) electrons. The summed E-state index contributed by atoms with van der Waals surface area (Å²) < 4.78 is 10.2. The molecule has 0 aliphatic rings. The highest BCUT2D eigenvalue weighted by molar-refractivity contribution is 5.81. The number of aryl methyl sites for hydroxylation is 1. The second-order valence-corrected chi connectivity index (χ2v) is 2.95. The van der Waals surface area contributed by atoms with Gasteiger partial charge in [0.25, 0.3) is 0 Å². The van der Waals surface area contributed by atoms with E-state index in [9.17, 15) is 4.79 Å². The quantitative estimate of drug-likeness (QED) is 0.530. The Kier molecular flexibility index (Phi) is 4.13. The molecule has 1 rings (SSSR count). The van der Waals surface area contributed by atoms with Gasteiger partial charge in [-0.05, 0) is 18.6 Å². The zero-order chi connectivity index (χ0) is 10.4. The number of aldehydes is 1. The number of carbonyl (C=O) groups excluding carboxylic acids is 1. The number of hydrogen-bond donors (Lipinski definition) is 0. The molecule has 0 fully saturated rings. The van der Waals surface area contributed by atoms with Gasteiger partial charge >= 0.3 is 0 Å². The maximum absolute atomic E-state index is 10.8. The molecule has 1 aromatic rings. The third kappa shape index (κ3) is 2.57. The van der Waals surface area contributed by atoms with E-state index in [0.717, 1.165) is 11.8 Å². The minimum Gasteiger partial charge on any atom is -0.490 e. The van der Waals surface area contributed by atoms with E-state index in [-0.39, 0.29) is 0 Å². The van der Waals surface area contributed by atoms with Gasteiger partial charge in [-0.2, -0.15) is 0 Å². The summed E-state index contributed by atoms with van der Waals surface area (Å²) in [5, 5.41) is 0. The highest BCUT2D eigenvalue weighted by Crippen LogP contribution is 2.19. The third-order valence-electron chi connectivity index (χ3n) is 1.95. The topological polar surface area (TPSA) is 35.5 Å². The second-order valence-electron chi connectivity index (χ2n) is 2.95. The van der Waals surface area contributed by atoms with Gasteiger partial charge in [0.1, 0.15) is 12.4 Å². The van der Waals surface area contributed by atoms with Crippen molar-refractivity contribution in [1.29, 1.82) is 0 Å². The molecule has 0 N–H and O–H groups in total. The lowest BCUT2D eigenvalue weighted by molar-refractivity contribution is 0.111. The molecular weight excluding hydrogens is 180 g/mol. The molecule has 3 nitrogen and oxygen atoms in total. The van der Waals surface area contributed by atoms with E-state index < -0.39 is 0 Å². The summed E-state index contributed by atoms with van der Waals surface area (Å²) in [5.41, 5.74) is 1.54. The van der Waals surface area contributed by atoms with Crippen LogP contribution < -0.4 is 4.74 Å². The fraction of sp³-hybridized carbons (Fsp3) is 0.364. The largest absolute Gasteiger partial charge is 0.490 e. The van der Waals surface area contributed by atoms with Gasteiger partial charge in [-0.15, -0.1) is 0 Å². The van der Waals surface area contributed by atoms with Gasteiger partial charge in [-0.1, -0.05) is 12.1 Å². The van der Waals surface area contributed by atoms with Gasteiger partial charge in [-0.25, -0.2) is 0 Å². The smallest absolute Gasteiger partial charge is 0.154 e. The molecule has 0 heterocycles. The van der Waals surface area contributed by atoms with E-state index in [4.69, 9.17) is 9.47 Å². The Morgan fingerprint density at radius 1 is 1.36 bits per heavy atom. The number of ether oxygens (including phenoxy) is 2. The zero-order valence-electron chi connectivity index (χ0n) is 8.45. The van der Waals surface area contributed by atoms with Gasteiger partial charge in [0.05, 0.1) is 12.2 Å². The second kappa shape index (κ2) is 5.40. The first-order valence-corrected chi connectivity index (χ1v) is 4.46. The molecule has 0 aliphatic carbocycles. The van der Waals surface area contributed by atoms with E-state index >= 15 is 0 Å². The monoisotopic (exact) mass is 194 g/mol. The Bertz CT molecular complexity index is 307. The zero-order valence-corrected chi connectivity index (χ0v) is 8.45. The molecule has 0 aliphatic heterocycles. The molecule has 0 aromatic heterocycles. The standard InChI is InChI=1S/C11H14O3/c1-9-4-3-5-11(10(9)8-12)14-7-6-13-2/h3-5,8H,6-7H2,1-2H3. The third-order valence-corrected chi connectivity index (χ3v) is 1.95. The lowest BCUT2D eigenvalue weighted by atomic mass is 10.1. The van der Waals surface area contributed by atoms with E-state index in [2.05, 4.69) is 0 Å². The van der Waals surface area contributed by atoms with Crippen LogP contribution in [0.5, 0.6) is 5.75 Å². The van der Waals surface area contributed by atoms with Crippen molar-refractivity contribution < 1.29 is 14.3 Å². The fourth-order valence-electron chi connectivity index (χ4n) is 1.17. The summed E-state index contributed by atoms with van der Waals surface area (Å²) in [7, 11) is 1.61. The average Bonchev–Trinajstić information content (AvgIpc) is 2.18. The molecule has 0 atom stereocenters. The van der Waals surface area contributed by atoms with Crippen molar-refractivity contribution in [3.8, 4) is 5.75 Å². The van der Waals surface area contributed by atoms with Crippen molar-refractivity contribution in [3.05, 3.63) is 29.3 Å². The number of benzene rings is 1. The summed E-state index contributed by atoms with van der Waals surface area (Å²) in [5.74, 6) is 0.622. The Balaban J connectivity index is 2.75. The van der Waals surface area contributed by atoms with E-state index in [1.165, 1.54) is 0 Å². The maximum atomic E-state index is 10.8.